The highest BCUT2D eigenvalue weighted by atomic mass is 19.1. The number of nitrogen functional groups attached to an aromatic ring is 1. The van der Waals surface area contributed by atoms with E-state index < -0.39 is 5.82 Å². The Morgan fingerprint density at radius 1 is 1.04 bits per heavy atom. The third-order valence-corrected chi connectivity index (χ3v) is 3.80. The molecule has 0 radical (unpaired) electrons. The molecule has 0 atom stereocenters. The average Bonchev–Trinajstić information content (AvgIpc) is 2.69. The summed E-state index contributed by atoms with van der Waals surface area (Å²) in [7, 11) is 0. The fraction of sp³-hybridized carbons (Fsp3) is 0.0455. The summed E-state index contributed by atoms with van der Waals surface area (Å²) >= 11 is 0. The van der Waals surface area contributed by atoms with E-state index in [2.05, 4.69) is 5.32 Å². The van der Waals surface area contributed by atoms with Crippen LogP contribution >= 0.6 is 0 Å². The molecule has 0 aliphatic rings. The van der Waals surface area contributed by atoms with Gasteiger partial charge in [-0.2, -0.15) is 0 Å². The number of anilines is 2. The van der Waals surface area contributed by atoms with Crippen molar-refractivity contribution in [1.29, 1.82) is 0 Å². The first-order valence-corrected chi connectivity index (χ1v) is 8.41. The van der Waals surface area contributed by atoms with Crippen molar-refractivity contribution in [2.45, 2.75) is 6.61 Å². The number of amides is 1. The first-order chi connectivity index (χ1) is 13.1. The number of benzene rings is 3. The summed E-state index contributed by atoms with van der Waals surface area (Å²) in [4.78, 5) is 12.0. The number of carbonyl (C=O) groups is 1. The summed E-state index contributed by atoms with van der Waals surface area (Å²) in [5.74, 6) is -0.225. The molecule has 0 unspecified atom stereocenters. The van der Waals surface area contributed by atoms with Gasteiger partial charge in [0.15, 0.2) is 0 Å². The van der Waals surface area contributed by atoms with Gasteiger partial charge in [0.05, 0.1) is 5.69 Å². The summed E-state index contributed by atoms with van der Waals surface area (Å²) in [5, 5.41) is 2.59. The van der Waals surface area contributed by atoms with Crippen molar-refractivity contribution >= 4 is 23.4 Å². The molecule has 136 valence electrons. The predicted octanol–water partition coefficient (Wildman–Crippen LogP) is 4.64. The summed E-state index contributed by atoms with van der Waals surface area (Å²) in [6.07, 6.45) is 3.04. The highest BCUT2D eigenvalue weighted by molar-refractivity contribution is 6.02. The lowest BCUT2D eigenvalue weighted by Crippen LogP contribution is -2.08. The van der Waals surface area contributed by atoms with Gasteiger partial charge in [-0.25, -0.2) is 4.39 Å². The number of nitrogens with two attached hydrogens (primary N) is 1. The van der Waals surface area contributed by atoms with Crippen LogP contribution in [-0.2, 0) is 11.4 Å². The standard InChI is InChI=1S/C22H19FN2O2/c23-20-14-18(10-11-21(20)24)25-22(26)12-9-16-7-4-8-19(13-16)27-15-17-5-2-1-3-6-17/h1-14H,15,24H2,(H,25,26)/b12-9+. The third kappa shape index (κ3) is 5.44. The second-order valence-corrected chi connectivity index (χ2v) is 5.91. The first-order valence-electron chi connectivity index (χ1n) is 8.41. The Morgan fingerprint density at radius 3 is 2.63 bits per heavy atom. The van der Waals surface area contributed by atoms with E-state index in [4.69, 9.17) is 10.5 Å². The van der Waals surface area contributed by atoms with Gasteiger partial charge in [-0.15, -0.1) is 0 Å². The number of rotatable bonds is 6. The molecule has 3 aromatic rings. The highest BCUT2D eigenvalue weighted by Crippen LogP contribution is 2.17. The zero-order valence-corrected chi connectivity index (χ0v) is 14.6. The Balaban J connectivity index is 1.59. The molecule has 0 saturated carbocycles. The van der Waals surface area contributed by atoms with Crippen molar-refractivity contribution in [3.63, 3.8) is 0 Å². The van der Waals surface area contributed by atoms with Crippen LogP contribution in [0.15, 0.2) is 78.9 Å². The molecule has 0 saturated heterocycles. The maximum Gasteiger partial charge on any atom is 0.248 e. The number of nitrogens with one attached hydrogen (secondary N) is 1. The van der Waals surface area contributed by atoms with Gasteiger partial charge in [-0.05, 0) is 47.5 Å². The minimum atomic E-state index is -0.569. The van der Waals surface area contributed by atoms with Gasteiger partial charge in [0.25, 0.3) is 0 Å². The second-order valence-electron chi connectivity index (χ2n) is 5.91. The molecule has 3 aromatic carbocycles. The van der Waals surface area contributed by atoms with Gasteiger partial charge in [0.1, 0.15) is 18.2 Å². The molecule has 27 heavy (non-hydrogen) atoms. The van der Waals surface area contributed by atoms with Crippen LogP contribution in [0.4, 0.5) is 15.8 Å². The zero-order chi connectivity index (χ0) is 19.1. The van der Waals surface area contributed by atoms with Crippen LogP contribution < -0.4 is 15.8 Å². The monoisotopic (exact) mass is 362 g/mol. The third-order valence-electron chi connectivity index (χ3n) is 3.80. The quantitative estimate of drug-likeness (QED) is 0.496. The molecule has 4 nitrogen and oxygen atoms in total. The fourth-order valence-electron chi connectivity index (χ4n) is 2.41. The molecule has 0 aromatic heterocycles. The molecule has 0 bridgehead atoms. The van der Waals surface area contributed by atoms with Crippen LogP contribution in [0.25, 0.3) is 6.08 Å². The Hall–Kier alpha value is -3.60. The summed E-state index contributed by atoms with van der Waals surface area (Å²) in [6, 6.07) is 21.4. The molecular weight excluding hydrogens is 343 g/mol. The lowest BCUT2D eigenvalue weighted by molar-refractivity contribution is -0.111. The molecule has 1 amide bonds. The van der Waals surface area contributed by atoms with Gasteiger partial charge < -0.3 is 15.8 Å². The van der Waals surface area contributed by atoms with Gasteiger partial charge in [-0.3, -0.25) is 4.79 Å². The van der Waals surface area contributed by atoms with Gasteiger partial charge in [-0.1, -0.05) is 42.5 Å². The molecule has 3 N–H and O–H groups in total. The smallest absolute Gasteiger partial charge is 0.248 e. The average molecular weight is 362 g/mol. The van der Waals surface area contributed by atoms with E-state index in [-0.39, 0.29) is 11.6 Å². The van der Waals surface area contributed by atoms with Crippen LogP contribution in [0.1, 0.15) is 11.1 Å². The Bertz CT molecular complexity index is 956. The maximum absolute atomic E-state index is 13.4. The normalized spacial score (nSPS) is 10.7. The number of hydrogen-bond acceptors (Lipinski definition) is 3. The maximum atomic E-state index is 13.4. The molecule has 0 aliphatic carbocycles. The van der Waals surface area contributed by atoms with Crippen LogP contribution in [0.2, 0.25) is 0 Å². The Labute approximate surface area is 157 Å². The molecule has 5 heteroatoms. The summed E-state index contributed by atoms with van der Waals surface area (Å²) < 4.78 is 19.2. The number of carbonyl (C=O) groups excluding carboxylic acids is 1. The highest BCUT2D eigenvalue weighted by Gasteiger charge is 2.03. The van der Waals surface area contributed by atoms with E-state index >= 15 is 0 Å². The van der Waals surface area contributed by atoms with Crippen LogP contribution in [0.3, 0.4) is 0 Å². The van der Waals surface area contributed by atoms with E-state index in [0.29, 0.717) is 18.0 Å². The molecule has 0 aliphatic heterocycles. The van der Waals surface area contributed by atoms with Crippen LogP contribution in [0.5, 0.6) is 5.75 Å². The Morgan fingerprint density at radius 2 is 1.85 bits per heavy atom. The lowest BCUT2D eigenvalue weighted by Gasteiger charge is -2.07. The van der Waals surface area contributed by atoms with Crippen LogP contribution in [0, 0.1) is 5.82 Å². The zero-order valence-electron chi connectivity index (χ0n) is 14.6. The minimum absolute atomic E-state index is 0.0378. The summed E-state index contributed by atoms with van der Waals surface area (Å²) in [6.45, 7) is 0.469. The number of halogens is 1. The molecule has 3 rings (SSSR count). The second kappa shape index (κ2) is 8.67. The van der Waals surface area contributed by atoms with Crippen molar-refractivity contribution in [3.8, 4) is 5.75 Å². The predicted molar refractivity (Wildman–Crippen MR) is 106 cm³/mol. The molecule has 0 fully saturated rings. The van der Waals surface area contributed by atoms with Crippen molar-refractivity contribution in [2.24, 2.45) is 0 Å². The molecular formula is C22H19FN2O2. The van der Waals surface area contributed by atoms with Gasteiger partial charge in [0.2, 0.25) is 5.91 Å². The largest absolute Gasteiger partial charge is 0.489 e. The lowest BCUT2D eigenvalue weighted by atomic mass is 10.2. The van der Waals surface area contributed by atoms with E-state index in [1.807, 2.05) is 54.6 Å². The van der Waals surface area contributed by atoms with Crippen molar-refractivity contribution in [3.05, 3.63) is 95.8 Å². The van der Waals surface area contributed by atoms with Crippen molar-refractivity contribution in [1.82, 2.24) is 0 Å². The Kier molecular flexibility index (Phi) is 5.84. The van der Waals surface area contributed by atoms with E-state index in [9.17, 15) is 9.18 Å². The van der Waals surface area contributed by atoms with E-state index in [0.717, 1.165) is 11.1 Å². The van der Waals surface area contributed by atoms with Crippen molar-refractivity contribution in [2.75, 3.05) is 11.1 Å². The first kappa shape index (κ1) is 18.2. The van der Waals surface area contributed by atoms with E-state index in [1.165, 1.54) is 18.2 Å². The minimum Gasteiger partial charge on any atom is -0.489 e. The molecule has 0 heterocycles. The topological polar surface area (TPSA) is 64.3 Å². The van der Waals surface area contributed by atoms with Gasteiger partial charge in [0, 0.05) is 11.8 Å². The van der Waals surface area contributed by atoms with E-state index in [1.54, 1.807) is 12.1 Å². The van der Waals surface area contributed by atoms with Crippen molar-refractivity contribution < 1.29 is 13.9 Å². The van der Waals surface area contributed by atoms with Gasteiger partial charge >= 0.3 is 0 Å². The number of hydrogen-bond donors (Lipinski definition) is 2. The fourth-order valence-corrected chi connectivity index (χ4v) is 2.41. The van der Waals surface area contributed by atoms with Crippen LogP contribution in [-0.4, -0.2) is 5.91 Å². The summed E-state index contributed by atoms with van der Waals surface area (Å²) in [5.41, 5.74) is 7.69. The molecule has 0 spiro atoms. The number of ether oxygens (including phenoxy) is 1. The SMILES string of the molecule is Nc1ccc(NC(=O)/C=C/c2cccc(OCc3ccccc3)c2)cc1F.